The first-order valence-corrected chi connectivity index (χ1v) is 6.57. The van der Waals surface area contributed by atoms with Crippen LogP contribution in [0.4, 0.5) is 5.69 Å². The van der Waals surface area contributed by atoms with Gasteiger partial charge in [0, 0.05) is 21.6 Å². The highest BCUT2D eigenvalue weighted by Gasteiger charge is 2.22. The Labute approximate surface area is 104 Å². The topological polar surface area (TPSA) is 43.1 Å². The largest absolute Gasteiger partial charge is 0.398 e. The Morgan fingerprint density at radius 1 is 1.25 bits per heavy atom. The summed E-state index contributed by atoms with van der Waals surface area (Å²) in [5, 5.41) is 0. The van der Waals surface area contributed by atoms with Gasteiger partial charge in [0.2, 0.25) is 0 Å². The highest BCUT2D eigenvalue weighted by molar-refractivity contribution is 9.10. The fraction of sp³-hybridized carbons (Fsp3) is 0.462. The molecule has 0 bridgehead atoms. The Morgan fingerprint density at radius 2 is 1.94 bits per heavy atom. The average molecular weight is 282 g/mol. The van der Waals surface area contributed by atoms with Crippen LogP contribution in [0.5, 0.6) is 0 Å². The second kappa shape index (κ2) is 5.00. The molecule has 1 aliphatic carbocycles. The maximum atomic E-state index is 12.2. The van der Waals surface area contributed by atoms with E-state index in [4.69, 9.17) is 5.73 Å². The van der Waals surface area contributed by atoms with Crippen LogP contribution in [-0.2, 0) is 0 Å². The Balaban J connectivity index is 2.16. The minimum atomic E-state index is 0.226. The second-order valence-corrected chi connectivity index (χ2v) is 5.29. The van der Waals surface area contributed by atoms with E-state index in [-0.39, 0.29) is 11.7 Å². The van der Waals surface area contributed by atoms with Crippen molar-refractivity contribution in [1.82, 2.24) is 0 Å². The van der Waals surface area contributed by atoms with E-state index in [1.54, 1.807) is 6.07 Å². The van der Waals surface area contributed by atoms with Crippen molar-refractivity contribution in [2.75, 3.05) is 5.73 Å². The zero-order valence-electron chi connectivity index (χ0n) is 9.21. The first kappa shape index (κ1) is 11.6. The van der Waals surface area contributed by atoms with Crippen LogP contribution in [0.15, 0.2) is 22.7 Å². The van der Waals surface area contributed by atoms with Gasteiger partial charge in [0.25, 0.3) is 0 Å². The van der Waals surface area contributed by atoms with E-state index in [1.807, 2.05) is 12.1 Å². The van der Waals surface area contributed by atoms with Crippen molar-refractivity contribution in [3.05, 3.63) is 28.2 Å². The molecule has 1 saturated carbocycles. The van der Waals surface area contributed by atoms with E-state index in [9.17, 15) is 4.79 Å². The molecule has 2 rings (SSSR count). The quantitative estimate of drug-likeness (QED) is 0.662. The summed E-state index contributed by atoms with van der Waals surface area (Å²) >= 11 is 3.36. The fourth-order valence-corrected chi connectivity index (χ4v) is 2.66. The van der Waals surface area contributed by atoms with Crippen molar-refractivity contribution >= 4 is 27.4 Å². The fourth-order valence-electron chi connectivity index (χ4n) is 2.28. The van der Waals surface area contributed by atoms with Crippen molar-refractivity contribution in [3.8, 4) is 0 Å². The van der Waals surface area contributed by atoms with E-state index < -0.39 is 0 Å². The molecule has 0 radical (unpaired) electrons. The molecule has 1 aromatic rings. The van der Waals surface area contributed by atoms with Gasteiger partial charge in [-0.05, 0) is 47.0 Å². The lowest BCUT2D eigenvalue weighted by Crippen LogP contribution is -2.17. The zero-order chi connectivity index (χ0) is 11.5. The molecular formula is C13H16BrNO. The van der Waals surface area contributed by atoms with E-state index in [0.717, 1.165) is 22.9 Å². The summed E-state index contributed by atoms with van der Waals surface area (Å²) in [6, 6.07) is 5.46. The molecule has 0 spiro atoms. The molecule has 0 aliphatic heterocycles. The molecule has 3 heteroatoms. The van der Waals surface area contributed by atoms with Gasteiger partial charge in [0.05, 0.1) is 0 Å². The molecule has 2 nitrogen and oxygen atoms in total. The van der Waals surface area contributed by atoms with E-state index in [1.165, 1.54) is 19.3 Å². The molecule has 0 saturated heterocycles. The van der Waals surface area contributed by atoms with Crippen LogP contribution in [0, 0.1) is 5.92 Å². The molecule has 2 N–H and O–H groups in total. The summed E-state index contributed by atoms with van der Waals surface area (Å²) in [6.45, 7) is 0. The standard InChI is InChI=1S/C13H16BrNO/c14-11-8-10(6-7-12(11)15)13(16)9-4-2-1-3-5-9/h6-9H,1-5,15H2. The van der Waals surface area contributed by atoms with Crippen molar-refractivity contribution in [1.29, 1.82) is 0 Å². The van der Waals surface area contributed by atoms with Crippen LogP contribution < -0.4 is 5.73 Å². The van der Waals surface area contributed by atoms with E-state index in [2.05, 4.69) is 15.9 Å². The lowest BCUT2D eigenvalue weighted by molar-refractivity contribution is 0.0889. The summed E-state index contributed by atoms with van der Waals surface area (Å²) < 4.78 is 0.814. The van der Waals surface area contributed by atoms with Gasteiger partial charge in [-0.2, -0.15) is 0 Å². The Morgan fingerprint density at radius 3 is 2.56 bits per heavy atom. The highest BCUT2D eigenvalue weighted by atomic mass is 79.9. The summed E-state index contributed by atoms with van der Waals surface area (Å²) in [5.41, 5.74) is 7.18. The monoisotopic (exact) mass is 281 g/mol. The summed E-state index contributed by atoms with van der Waals surface area (Å²) in [6.07, 6.45) is 5.73. The van der Waals surface area contributed by atoms with Crippen LogP contribution in [0.3, 0.4) is 0 Å². The third kappa shape index (κ3) is 2.46. The third-order valence-corrected chi connectivity index (χ3v) is 3.95. The van der Waals surface area contributed by atoms with Crippen LogP contribution in [-0.4, -0.2) is 5.78 Å². The maximum absolute atomic E-state index is 12.2. The average Bonchev–Trinajstić information content (AvgIpc) is 2.33. The van der Waals surface area contributed by atoms with Gasteiger partial charge in [-0.3, -0.25) is 4.79 Å². The number of halogens is 1. The maximum Gasteiger partial charge on any atom is 0.165 e. The first-order chi connectivity index (χ1) is 7.68. The van der Waals surface area contributed by atoms with Gasteiger partial charge in [-0.25, -0.2) is 0 Å². The SMILES string of the molecule is Nc1ccc(C(=O)C2CCCCC2)cc1Br. The normalized spacial score (nSPS) is 17.3. The molecule has 0 heterocycles. The molecule has 0 amide bonds. The van der Waals surface area contributed by atoms with Gasteiger partial charge in [-0.1, -0.05) is 19.3 Å². The number of carbonyl (C=O) groups is 1. The van der Waals surface area contributed by atoms with Crippen molar-refractivity contribution in [2.45, 2.75) is 32.1 Å². The van der Waals surface area contributed by atoms with Crippen LogP contribution in [0.25, 0.3) is 0 Å². The summed E-state index contributed by atoms with van der Waals surface area (Å²) in [7, 11) is 0. The summed E-state index contributed by atoms with van der Waals surface area (Å²) in [4.78, 5) is 12.2. The summed E-state index contributed by atoms with van der Waals surface area (Å²) in [5.74, 6) is 0.504. The number of nitrogen functional groups attached to an aromatic ring is 1. The molecule has 86 valence electrons. The first-order valence-electron chi connectivity index (χ1n) is 5.77. The van der Waals surface area contributed by atoms with Gasteiger partial charge in [0.1, 0.15) is 0 Å². The number of carbonyl (C=O) groups excluding carboxylic acids is 1. The number of hydrogen-bond donors (Lipinski definition) is 1. The molecular weight excluding hydrogens is 266 g/mol. The molecule has 0 aromatic heterocycles. The smallest absolute Gasteiger partial charge is 0.165 e. The Kier molecular flexibility index (Phi) is 3.64. The third-order valence-electron chi connectivity index (χ3n) is 3.26. The molecule has 1 aliphatic rings. The number of ketones is 1. The van der Waals surface area contributed by atoms with Gasteiger partial charge in [-0.15, -0.1) is 0 Å². The molecule has 16 heavy (non-hydrogen) atoms. The highest BCUT2D eigenvalue weighted by Crippen LogP contribution is 2.28. The lowest BCUT2D eigenvalue weighted by atomic mass is 9.84. The Bertz CT molecular complexity index is 397. The molecule has 1 aromatic carbocycles. The minimum Gasteiger partial charge on any atom is -0.398 e. The number of rotatable bonds is 2. The number of hydrogen-bond acceptors (Lipinski definition) is 2. The second-order valence-electron chi connectivity index (χ2n) is 4.44. The van der Waals surface area contributed by atoms with Gasteiger partial charge < -0.3 is 5.73 Å². The van der Waals surface area contributed by atoms with E-state index in [0.29, 0.717) is 5.69 Å². The molecule has 0 atom stereocenters. The minimum absolute atomic E-state index is 0.226. The zero-order valence-corrected chi connectivity index (χ0v) is 10.8. The van der Waals surface area contributed by atoms with Crippen molar-refractivity contribution in [3.63, 3.8) is 0 Å². The van der Waals surface area contributed by atoms with Crippen LogP contribution in [0.1, 0.15) is 42.5 Å². The van der Waals surface area contributed by atoms with Crippen LogP contribution >= 0.6 is 15.9 Å². The Hall–Kier alpha value is -0.830. The van der Waals surface area contributed by atoms with Gasteiger partial charge in [0.15, 0.2) is 5.78 Å². The predicted octanol–water partition coefficient (Wildman–Crippen LogP) is 3.79. The molecule has 1 fully saturated rings. The van der Waals surface area contributed by atoms with E-state index >= 15 is 0 Å². The van der Waals surface area contributed by atoms with Crippen LogP contribution in [0.2, 0.25) is 0 Å². The van der Waals surface area contributed by atoms with Crippen molar-refractivity contribution < 1.29 is 4.79 Å². The van der Waals surface area contributed by atoms with Crippen molar-refractivity contribution in [2.24, 2.45) is 5.92 Å². The number of anilines is 1. The van der Waals surface area contributed by atoms with Gasteiger partial charge >= 0.3 is 0 Å². The lowest BCUT2D eigenvalue weighted by Gasteiger charge is -2.20. The predicted molar refractivity (Wildman–Crippen MR) is 69.5 cm³/mol. The number of nitrogens with two attached hydrogens (primary N) is 1. The number of Topliss-reactive ketones (excluding diaryl/α,β-unsaturated/α-hetero) is 1. The number of benzene rings is 1. The molecule has 0 unspecified atom stereocenters.